The molecule has 0 aliphatic heterocycles. The summed E-state index contributed by atoms with van der Waals surface area (Å²) in [5, 5.41) is 13.6. The van der Waals surface area contributed by atoms with Gasteiger partial charge in [0.2, 0.25) is 0 Å². The summed E-state index contributed by atoms with van der Waals surface area (Å²) in [5.41, 5.74) is 0.0955. The van der Waals surface area contributed by atoms with Crippen LogP contribution in [0.15, 0.2) is 42.6 Å². The van der Waals surface area contributed by atoms with Crippen molar-refractivity contribution in [1.29, 1.82) is 0 Å². The number of nitro groups is 1. The van der Waals surface area contributed by atoms with Gasteiger partial charge in [-0.05, 0) is 25.1 Å². The van der Waals surface area contributed by atoms with Crippen LogP contribution >= 0.6 is 0 Å². The third-order valence-corrected chi connectivity index (χ3v) is 2.98. The maximum atomic E-state index is 13.0. The molecular weight excluding hydrogens is 280 g/mol. The number of aromatic nitrogens is 1. The van der Waals surface area contributed by atoms with Gasteiger partial charge in [0.1, 0.15) is 0 Å². The Bertz CT molecular complexity index is 635. The second-order valence-corrected chi connectivity index (χ2v) is 4.45. The standard InChI is InChI=1S/C14H13F2N3O2/c1-9(12-4-2-3-7-17-12)18-13-6-5-10(19(20)21)8-11(13)14(15)16/h2-9,14,18H,1H3. The Hall–Kier alpha value is -2.57. The molecule has 7 heteroatoms. The Morgan fingerprint density at radius 2 is 2.05 bits per heavy atom. The highest BCUT2D eigenvalue weighted by Crippen LogP contribution is 2.32. The fourth-order valence-corrected chi connectivity index (χ4v) is 1.91. The summed E-state index contributed by atoms with van der Waals surface area (Å²) in [5.74, 6) is 0. The highest BCUT2D eigenvalue weighted by atomic mass is 19.3. The highest BCUT2D eigenvalue weighted by molar-refractivity contribution is 5.57. The largest absolute Gasteiger partial charge is 0.377 e. The van der Waals surface area contributed by atoms with Crippen molar-refractivity contribution >= 4 is 11.4 Å². The molecule has 1 atom stereocenters. The second-order valence-electron chi connectivity index (χ2n) is 4.45. The first kappa shape index (κ1) is 14.8. The van der Waals surface area contributed by atoms with Crippen LogP contribution in [0.2, 0.25) is 0 Å². The molecule has 2 aromatic rings. The molecule has 0 saturated heterocycles. The van der Waals surface area contributed by atoms with Gasteiger partial charge in [0.15, 0.2) is 0 Å². The topological polar surface area (TPSA) is 68.1 Å². The van der Waals surface area contributed by atoms with Crippen molar-refractivity contribution in [3.63, 3.8) is 0 Å². The molecule has 0 fully saturated rings. The number of pyridine rings is 1. The van der Waals surface area contributed by atoms with Gasteiger partial charge in [-0.25, -0.2) is 8.78 Å². The van der Waals surface area contributed by atoms with E-state index in [9.17, 15) is 18.9 Å². The monoisotopic (exact) mass is 293 g/mol. The van der Waals surface area contributed by atoms with E-state index < -0.39 is 16.9 Å². The van der Waals surface area contributed by atoms with E-state index in [2.05, 4.69) is 10.3 Å². The minimum Gasteiger partial charge on any atom is -0.377 e. The summed E-state index contributed by atoms with van der Waals surface area (Å²) in [7, 11) is 0. The zero-order chi connectivity index (χ0) is 15.4. The highest BCUT2D eigenvalue weighted by Gasteiger charge is 2.19. The van der Waals surface area contributed by atoms with E-state index in [4.69, 9.17) is 0 Å². The lowest BCUT2D eigenvalue weighted by molar-refractivity contribution is -0.385. The van der Waals surface area contributed by atoms with Crippen LogP contribution in [0.4, 0.5) is 20.2 Å². The molecule has 0 amide bonds. The molecule has 1 N–H and O–H groups in total. The first-order valence-electron chi connectivity index (χ1n) is 6.23. The number of nitrogens with one attached hydrogen (secondary N) is 1. The van der Waals surface area contributed by atoms with E-state index >= 15 is 0 Å². The van der Waals surface area contributed by atoms with E-state index in [0.29, 0.717) is 5.69 Å². The predicted molar refractivity (Wildman–Crippen MR) is 74.3 cm³/mol. The van der Waals surface area contributed by atoms with E-state index in [1.165, 1.54) is 12.1 Å². The van der Waals surface area contributed by atoms with E-state index in [1.807, 2.05) is 0 Å². The molecule has 2 rings (SSSR count). The molecular formula is C14H13F2N3O2. The molecule has 21 heavy (non-hydrogen) atoms. The second kappa shape index (κ2) is 6.25. The zero-order valence-electron chi connectivity index (χ0n) is 11.2. The van der Waals surface area contributed by atoms with Gasteiger partial charge < -0.3 is 5.32 Å². The summed E-state index contributed by atoms with van der Waals surface area (Å²) < 4.78 is 26.1. The Kier molecular flexibility index (Phi) is 4.42. The minimum atomic E-state index is -2.80. The normalized spacial score (nSPS) is 12.2. The van der Waals surface area contributed by atoms with Gasteiger partial charge in [0, 0.05) is 29.6 Å². The molecule has 0 bridgehead atoms. The van der Waals surface area contributed by atoms with Crippen LogP contribution in [0.25, 0.3) is 0 Å². The van der Waals surface area contributed by atoms with Crippen LogP contribution in [0.1, 0.15) is 30.6 Å². The van der Waals surface area contributed by atoms with Crippen molar-refractivity contribution in [1.82, 2.24) is 4.98 Å². The molecule has 5 nitrogen and oxygen atoms in total. The Labute approximate surface area is 119 Å². The fraction of sp³-hybridized carbons (Fsp3) is 0.214. The number of anilines is 1. The maximum absolute atomic E-state index is 13.0. The van der Waals surface area contributed by atoms with E-state index in [0.717, 1.165) is 6.07 Å². The number of nitrogens with zero attached hydrogens (tertiary/aromatic N) is 2. The van der Waals surface area contributed by atoms with E-state index in [1.54, 1.807) is 31.3 Å². The van der Waals surface area contributed by atoms with Gasteiger partial charge in [-0.2, -0.15) is 0 Å². The summed E-state index contributed by atoms with van der Waals surface area (Å²) >= 11 is 0. The van der Waals surface area contributed by atoms with Crippen molar-refractivity contribution in [2.45, 2.75) is 19.4 Å². The van der Waals surface area contributed by atoms with Crippen LogP contribution in [0.3, 0.4) is 0 Å². The minimum absolute atomic E-state index is 0.161. The number of hydrogen-bond donors (Lipinski definition) is 1. The molecule has 0 aliphatic rings. The van der Waals surface area contributed by atoms with Crippen LogP contribution in [-0.4, -0.2) is 9.91 Å². The molecule has 0 spiro atoms. The molecule has 1 aromatic heterocycles. The maximum Gasteiger partial charge on any atom is 0.270 e. The lowest BCUT2D eigenvalue weighted by atomic mass is 10.1. The summed E-state index contributed by atoms with van der Waals surface area (Å²) in [6, 6.07) is 8.39. The number of alkyl halides is 2. The molecule has 1 heterocycles. The van der Waals surface area contributed by atoms with Gasteiger partial charge in [-0.15, -0.1) is 0 Å². The third-order valence-electron chi connectivity index (χ3n) is 2.98. The number of nitro benzene ring substituents is 1. The van der Waals surface area contributed by atoms with Crippen LogP contribution in [0, 0.1) is 10.1 Å². The smallest absolute Gasteiger partial charge is 0.270 e. The van der Waals surface area contributed by atoms with Crippen LogP contribution in [-0.2, 0) is 0 Å². The molecule has 110 valence electrons. The molecule has 0 aliphatic carbocycles. The van der Waals surface area contributed by atoms with Crippen LogP contribution < -0.4 is 5.32 Å². The zero-order valence-corrected chi connectivity index (χ0v) is 11.2. The van der Waals surface area contributed by atoms with Gasteiger partial charge >= 0.3 is 0 Å². The first-order valence-corrected chi connectivity index (χ1v) is 6.23. The Morgan fingerprint density at radius 1 is 1.29 bits per heavy atom. The number of rotatable bonds is 5. The Balaban J connectivity index is 2.29. The van der Waals surface area contributed by atoms with Crippen molar-refractivity contribution in [3.05, 3.63) is 64.0 Å². The molecule has 1 aromatic carbocycles. The Morgan fingerprint density at radius 3 is 2.62 bits per heavy atom. The average molecular weight is 293 g/mol. The lowest BCUT2D eigenvalue weighted by Gasteiger charge is -2.17. The van der Waals surface area contributed by atoms with Gasteiger partial charge in [0.05, 0.1) is 16.7 Å². The summed E-state index contributed by atoms with van der Waals surface area (Å²) in [6.45, 7) is 1.78. The quantitative estimate of drug-likeness (QED) is 0.665. The van der Waals surface area contributed by atoms with Gasteiger partial charge in [-0.1, -0.05) is 6.07 Å². The van der Waals surface area contributed by atoms with Crippen molar-refractivity contribution in [3.8, 4) is 0 Å². The number of benzene rings is 1. The molecule has 0 radical (unpaired) electrons. The van der Waals surface area contributed by atoms with Crippen molar-refractivity contribution < 1.29 is 13.7 Å². The lowest BCUT2D eigenvalue weighted by Crippen LogP contribution is -2.10. The molecule has 1 unspecified atom stereocenters. The van der Waals surface area contributed by atoms with Gasteiger partial charge in [-0.3, -0.25) is 15.1 Å². The van der Waals surface area contributed by atoms with Crippen LogP contribution in [0.5, 0.6) is 0 Å². The fourth-order valence-electron chi connectivity index (χ4n) is 1.91. The predicted octanol–water partition coefficient (Wildman–Crippen LogP) is 4.10. The first-order chi connectivity index (χ1) is 9.99. The average Bonchev–Trinajstić information content (AvgIpc) is 2.48. The third kappa shape index (κ3) is 3.50. The number of hydrogen-bond acceptors (Lipinski definition) is 4. The summed E-state index contributed by atoms with van der Waals surface area (Å²) in [4.78, 5) is 14.1. The van der Waals surface area contributed by atoms with Gasteiger partial charge in [0.25, 0.3) is 12.1 Å². The van der Waals surface area contributed by atoms with Crippen molar-refractivity contribution in [2.24, 2.45) is 0 Å². The molecule has 0 saturated carbocycles. The van der Waals surface area contributed by atoms with Crippen molar-refractivity contribution in [2.75, 3.05) is 5.32 Å². The number of halogens is 2. The SMILES string of the molecule is CC(Nc1ccc([N+](=O)[O-])cc1C(F)F)c1ccccn1. The van der Waals surface area contributed by atoms with E-state index in [-0.39, 0.29) is 17.4 Å². The number of non-ortho nitro benzene ring substituents is 1. The summed E-state index contributed by atoms with van der Waals surface area (Å²) in [6.07, 6.45) is -1.19.